The molecule has 1 aliphatic rings. The highest BCUT2D eigenvalue weighted by Gasteiger charge is 2.34. The first-order chi connectivity index (χ1) is 21.7. The van der Waals surface area contributed by atoms with Crippen LogP contribution in [-0.4, -0.2) is 30.2 Å². The van der Waals surface area contributed by atoms with Crippen LogP contribution in [0.15, 0.2) is 81.7 Å². The molecule has 11 heteroatoms. The van der Waals surface area contributed by atoms with E-state index in [9.17, 15) is 9.59 Å². The maximum Gasteiger partial charge on any atom is 0.338 e. The lowest BCUT2D eigenvalue weighted by molar-refractivity contribution is -0.139. The van der Waals surface area contributed by atoms with Gasteiger partial charge in [-0.3, -0.25) is 9.36 Å². The lowest BCUT2D eigenvalue weighted by Crippen LogP contribution is -2.40. The molecule has 4 aromatic rings. The average Bonchev–Trinajstić information content (AvgIpc) is 3.32. The standard InChI is InChI=1S/C34H32Cl3N3O4S/c1-5-39(6-2)23-14-13-22(28(18-23)44-19-21-12-15-26(36)27(37)16-21)17-29-32(41)40-31(24-10-8-9-11-25(24)35)30(33(42)43-7-3)20(4)38-34(40)45-29/h8-18,31H,5-7,19H2,1-4H3/b29-17-/t31-/m1/s1. The van der Waals surface area contributed by atoms with Crippen LogP contribution in [0.4, 0.5) is 5.69 Å². The summed E-state index contributed by atoms with van der Waals surface area (Å²) in [6.07, 6.45) is 1.80. The number of esters is 1. The first-order valence-electron chi connectivity index (χ1n) is 14.6. The summed E-state index contributed by atoms with van der Waals surface area (Å²) in [6, 6.07) is 17.7. The number of ether oxygens (including phenoxy) is 2. The van der Waals surface area contributed by atoms with Crippen molar-refractivity contribution < 1.29 is 14.3 Å². The Morgan fingerprint density at radius 3 is 2.44 bits per heavy atom. The normalized spacial score (nSPS) is 14.6. The largest absolute Gasteiger partial charge is 0.488 e. The second-order valence-electron chi connectivity index (χ2n) is 10.3. The number of carbonyl (C=O) groups is 1. The van der Waals surface area contributed by atoms with Crippen molar-refractivity contribution in [2.24, 2.45) is 4.99 Å². The Morgan fingerprint density at radius 1 is 1.00 bits per heavy atom. The van der Waals surface area contributed by atoms with E-state index in [1.54, 1.807) is 44.2 Å². The fraction of sp³-hybridized carbons (Fsp3) is 0.265. The molecule has 0 amide bonds. The number of hydrogen-bond donors (Lipinski definition) is 0. The summed E-state index contributed by atoms with van der Waals surface area (Å²) in [5.74, 6) is 0.0604. The van der Waals surface area contributed by atoms with Crippen LogP contribution in [0.25, 0.3) is 6.08 Å². The Bertz CT molecular complexity index is 1960. The SMILES string of the molecule is CCOC(=O)C1=C(C)N=c2s/c(=C\c3ccc(N(CC)CC)cc3OCc3ccc(Cl)c(Cl)c3)c(=O)n2[C@@H]1c1ccccc1Cl. The van der Waals surface area contributed by atoms with Crippen molar-refractivity contribution in [3.05, 3.63) is 123 Å². The van der Waals surface area contributed by atoms with Crippen LogP contribution in [-0.2, 0) is 16.1 Å². The van der Waals surface area contributed by atoms with E-state index < -0.39 is 12.0 Å². The fourth-order valence-electron chi connectivity index (χ4n) is 5.27. The molecular formula is C34H32Cl3N3O4S. The van der Waals surface area contributed by atoms with Crippen LogP contribution in [0.3, 0.4) is 0 Å². The number of fused-ring (bicyclic) bond motifs is 1. The lowest BCUT2D eigenvalue weighted by atomic mass is 9.96. The predicted molar refractivity (Wildman–Crippen MR) is 183 cm³/mol. The Hall–Kier alpha value is -3.56. The molecule has 0 fully saturated rings. The molecule has 1 atom stereocenters. The van der Waals surface area contributed by atoms with Crippen LogP contribution < -0.4 is 24.5 Å². The third kappa shape index (κ3) is 6.84. The molecule has 1 aromatic heterocycles. The number of rotatable bonds is 10. The van der Waals surface area contributed by atoms with Crippen molar-refractivity contribution in [2.45, 2.75) is 40.3 Å². The number of thiazole rings is 1. The smallest absolute Gasteiger partial charge is 0.338 e. The number of hydrogen-bond acceptors (Lipinski definition) is 7. The molecule has 3 aromatic carbocycles. The van der Waals surface area contributed by atoms with E-state index in [1.165, 1.54) is 15.9 Å². The van der Waals surface area contributed by atoms with E-state index in [4.69, 9.17) is 44.3 Å². The van der Waals surface area contributed by atoms with Crippen molar-refractivity contribution in [1.82, 2.24) is 4.57 Å². The molecule has 0 unspecified atom stereocenters. The fourth-order valence-corrected chi connectivity index (χ4v) is 6.86. The van der Waals surface area contributed by atoms with Gasteiger partial charge in [-0.2, -0.15) is 0 Å². The minimum absolute atomic E-state index is 0.184. The van der Waals surface area contributed by atoms with Gasteiger partial charge in [0.25, 0.3) is 5.56 Å². The second kappa shape index (κ2) is 14.3. The Balaban J connectivity index is 1.65. The molecular weight excluding hydrogens is 653 g/mol. The van der Waals surface area contributed by atoms with Crippen LogP contribution in [0.5, 0.6) is 5.75 Å². The molecule has 0 N–H and O–H groups in total. The molecule has 2 heterocycles. The molecule has 7 nitrogen and oxygen atoms in total. The van der Waals surface area contributed by atoms with Gasteiger partial charge >= 0.3 is 5.97 Å². The third-order valence-corrected chi connectivity index (χ3v) is 9.57. The summed E-state index contributed by atoms with van der Waals surface area (Å²) in [5, 5.41) is 1.34. The minimum atomic E-state index is -0.799. The number of nitrogens with zero attached hydrogens (tertiary/aromatic N) is 3. The highest BCUT2D eigenvalue weighted by atomic mass is 35.5. The first kappa shape index (κ1) is 32.8. The predicted octanol–water partition coefficient (Wildman–Crippen LogP) is 7.18. The van der Waals surface area contributed by atoms with Gasteiger partial charge in [-0.05, 0) is 75.2 Å². The third-order valence-electron chi connectivity index (χ3n) is 7.51. The second-order valence-corrected chi connectivity index (χ2v) is 12.5. The molecule has 1 aliphatic heterocycles. The molecule has 0 spiro atoms. The van der Waals surface area contributed by atoms with Gasteiger partial charge in [0.15, 0.2) is 4.80 Å². The van der Waals surface area contributed by atoms with Gasteiger partial charge in [-0.15, -0.1) is 0 Å². The number of benzene rings is 3. The Kier molecular flexibility index (Phi) is 10.4. The Morgan fingerprint density at radius 2 is 1.76 bits per heavy atom. The van der Waals surface area contributed by atoms with E-state index >= 15 is 0 Å². The van der Waals surface area contributed by atoms with Gasteiger partial charge in [0.05, 0.1) is 32.5 Å². The van der Waals surface area contributed by atoms with E-state index in [0.717, 1.165) is 24.3 Å². The van der Waals surface area contributed by atoms with Gasteiger partial charge in [0.2, 0.25) is 0 Å². The van der Waals surface area contributed by atoms with Crippen molar-refractivity contribution in [3.63, 3.8) is 0 Å². The number of anilines is 1. The topological polar surface area (TPSA) is 73.1 Å². The quantitative estimate of drug-likeness (QED) is 0.166. The summed E-state index contributed by atoms with van der Waals surface area (Å²) >= 11 is 20.2. The number of aromatic nitrogens is 1. The highest BCUT2D eigenvalue weighted by molar-refractivity contribution is 7.07. The van der Waals surface area contributed by atoms with E-state index in [1.807, 2.05) is 36.4 Å². The molecule has 0 saturated heterocycles. The van der Waals surface area contributed by atoms with Crippen LogP contribution in [0, 0.1) is 0 Å². The van der Waals surface area contributed by atoms with E-state index in [0.29, 0.717) is 47.0 Å². The summed E-state index contributed by atoms with van der Waals surface area (Å²) < 4.78 is 13.7. The molecule has 45 heavy (non-hydrogen) atoms. The molecule has 5 rings (SSSR count). The summed E-state index contributed by atoms with van der Waals surface area (Å²) in [4.78, 5) is 34.7. The van der Waals surface area contributed by atoms with Crippen molar-refractivity contribution in [2.75, 3.05) is 24.6 Å². The molecule has 0 radical (unpaired) electrons. The van der Waals surface area contributed by atoms with Gasteiger partial charge in [0, 0.05) is 35.4 Å². The number of allylic oxidation sites excluding steroid dienone is 1. The summed E-state index contributed by atoms with van der Waals surface area (Å²) in [7, 11) is 0. The maximum atomic E-state index is 14.2. The highest BCUT2D eigenvalue weighted by Crippen LogP contribution is 2.35. The van der Waals surface area contributed by atoms with Crippen LogP contribution >= 0.6 is 46.1 Å². The molecule has 0 bridgehead atoms. The molecule has 0 aliphatic carbocycles. The first-order valence-corrected chi connectivity index (χ1v) is 16.5. The van der Waals surface area contributed by atoms with Crippen LogP contribution in [0.2, 0.25) is 15.1 Å². The van der Waals surface area contributed by atoms with Gasteiger partial charge in [-0.1, -0.05) is 70.4 Å². The lowest BCUT2D eigenvalue weighted by Gasteiger charge is -2.25. The number of carbonyl (C=O) groups excluding carboxylic acids is 1. The zero-order valence-electron chi connectivity index (χ0n) is 25.3. The van der Waals surface area contributed by atoms with Crippen molar-refractivity contribution >= 4 is 63.9 Å². The van der Waals surface area contributed by atoms with Gasteiger partial charge < -0.3 is 14.4 Å². The van der Waals surface area contributed by atoms with Crippen molar-refractivity contribution in [3.8, 4) is 5.75 Å². The zero-order chi connectivity index (χ0) is 32.2. The number of halogens is 3. The van der Waals surface area contributed by atoms with E-state index in [-0.39, 0.29) is 24.3 Å². The van der Waals surface area contributed by atoms with Gasteiger partial charge in [0.1, 0.15) is 18.4 Å². The monoisotopic (exact) mass is 683 g/mol. The minimum Gasteiger partial charge on any atom is -0.488 e. The van der Waals surface area contributed by atoms with Crippen LogP contribution in [0.1, 0.15) is 50.4 Å². The average molecular weight is 685 g/mol. The summed E-state index contributed by atoms with van der Waals surface area (Å²) in [6.45, 7) is 9.75. The zero-order valence-corrected chi connectivity index (χ0v) is 28.4. The maximum absolute atomic E-state index is 14.2. The Labute approximate surface area is 280 Å². The molecule has 234 valence electrons. The van der Waals surface area contributed by atoms with E-state index in [2.05, 4.69) is 23.7 Å². The summed E-state index contributed by atoms with van der Waals surface area (Å²) in [5.41, 5.74) is 3.62. The van der Waals surface area contributed by atoms with Gasteiger partial charge in [-0.25, -0.2) is 9.79 Å². The van der Waals surface area contributed by atoms with Crippen molar-refractivity contribution in [1.29, 1.82) is 0 Å². The molecule has 0 saturated carbocycles.